The van der Waals surface area contributed by atoms with Crippen molar-refractivity contribution in [3.8, 4) is 5.69 Å². The van der Waals surface area contributed by atoms with E-state index in [0.717, 1.165) is 0 Å². The largest absolute Gasteiger partial charge is 0.292 e. The maximum Gasteiger partial charge on any atom is 0.165 e. The van der Waals surface area contributed by atoms with Gasteiger partial charge >= 0.3 is 0 Å². The SMILES string of the molecule is Fc1cc2c(cc1Br)nc(CCl)n2-c1cccc(Cl)c1F. The summed E-state index contributed by atoms with van der Waals surface area (Å²) in [7, 11) is 0. The minimum absolute atomic E-state index is 0.0209. The van der Waals surface area contributed by atoms with E-state index in [4.69, 9.17) is 23.2 Å². The van der Waals surface area contributed by atoms with Crippen LogP contribution in [0.2, 0.25) is 5.02 Å². The number of halogens is 5. The first kappa shape index (κ1) is 14.8. The standard InChI is InChI=1S/C14H7BrCl2F2N2/c15-7-4-10-12(5-9(7)18)21(13(6-16)20-10)11-3-1-2-8(17)14(11)19/h1-5H,6H2. The summed E-state index contributed by atoms with van der Waals surface area (Å²) >= 11 is 14.8. The van der Waals surface area contributed by atoms with Gasteiger partial charge in [0.15, 0.2) is 5.82 Å². The number of fused-ring (bicyclic) bond motifs is 1. The van der Waals surface area contributed by atoms with Gasteiger partial charge in [-0.3, -0.25) is 4.57 Å². The van der Waals surface area contributed by atoms with Crippen LogP contribution in [0.4, 0.5) is 8.78 Å². The molecule has 0 fully saturated rings. The smallest absolute Gasteiger partial charge is 0.165 e. The molecule has 0 aliphatic rings. The Labute approximate surface area is 137 Å². The molecule has 7 heteroatoms. The fourth-order valence-corrected chi connectivity index (χ4v) is 2.83. The second kappa shape index (κ2) is 5.55. The Kier molecular flexibility index (Phi) is 3.90. The Balaban J connectivity index is 2.40. The highest BCUT2D eigenvalue weighted by Gasteiger charge is 2.18. The molecule has 21 heavy (non-hydrogen) atoms. The first-order valence-corrected chi connectivity index (χ1v) is 7.60. The molecule has 108 valence electrons. The average molecular weight is 392 g/mol. The lowest BCUT2D eigenvalue weighted by molar-refractivity contribution is 0.615. The predicted molar refractivity (Wildman–Crippen MR) is 83.3 cm³/mol. The molecule has 0 amide bonds. The first-order valence-electron chi connectivity index (χ1n) is 5.89. The van der Waals surface area contributed by atoms with Gasteiger partial charge in [0.05, 0.1) is 32.1 Å². The minimum atomic E-state index is -0.604. The van der Waals surface area contributed by atoms with Gasteiger partial charge < -0.3 is 0 Å². The molecule has 2 aromatic carbocycles. The van der Waals surface area contributed by atoms with Crippen molar-refractivity contribution < 1.29 is 8.78 Å². The number of hydrogen-bond acceptors (Lipinski definition) is 1. The molecule has 0 aliphatic heterocycles. The Bertz CT molecular complexity index is 849. The Morgan fingerprint density at radius 2 is 2.00 bits per heavy atom. The highest BCUT2D eigenvalue weighted by molar-refractivity contribution is 9.10. The van der Waals surface area contributed by atoms with Crippen molar-refractivity contribution >= 4 is 50.2 Å². The quantitative estimate of drug-likeness (QED) is 0.530. The summed E-state index contributed by atoms with van der Waals surface area (Å²) in [5.41, 5.74) is 1.12. The van der Waals surface area contributed by atoms with Crippen LogP contribution in [0.1, 0.15) is 5.82 Å². The number of benzene rings is 2. The fraction of sp³-hybridized carbons (Fsp3) is 0.0714. The van der Waals surface area contributed by atoms with Crippen LogP contribution in [0.15, 0.2) is 34.8 Å². The van der Waals surface area contributed by atoms with Gasteiger partial charge in [-0.25, -0.2) is 13.8 Å². The van der Waals surface area contributed by atoms with Crippen LogP contribution in [0.3, 0.4) is 0 Å². The van der Waals surface area contributed by atoms with E-state index in [0.29, 0.717) is 16.9 Å². The van der Waals surface area contributed by atoms with Crippen LogP contribution in [0.25, 0.3) is 16.7 Å². The van der Waals surface area contributed by atoms with Crippen molar-refractivity contribution in [1.29, 1.82) is 0 Å². The molecule has 0 unspecified atom stereocenters. The van der Waals surface area contributed by atoms with E-state index in [1.54, 1.807) is 12.1 Å². The van der Waals surface area contributed by atoms with Gasteiger partial charge in [0, 0.05) is 6.07 Å². The van der Waals surface area contributed by atoms with Gasteiger partial charge in [0.1, 0.15) is 11.6 Å². The molecule has 1 aromatic heterocycles. The van der Waals surface area contributed by atoms with E-state index < -0.39 is 11.6 Å². The molecule has 0 saturated heterocycles. The Morgan fingerprint density at radius 1 is 1.24 bits per heavy atom. The van der Waals surface area contributed by atoms with Gasteiger partial charge in [-0.1, -0.05) is 17.7 Å². The lowest BCUT2D eigenvalue weighted by Crippen LogP contribution is -2.02. The average Bonchev–Trinajstić information content (AvgIpc) is 2.80. The fourth-order valence-electron chi connectivity index (χ4n) is 2.15. The monoisotopic (exact) mass is 390 g/mol. The van der Waals surface area contributed by atoms with Crippen molar-refractivity contribution in [3.63, 3.8) is 0 Å². The molecule has 0 bridgehead atoms. The lowest BCUT2D eigenvalue weighted by atomic mass is 10.2. The molecule has 0 spiro atoms. The Morgan fingerprint density at radius 3 is 2.71 bits per heavy atom. The minimum Gasteiger partial charge on any atom is -0.292 e. The maximum atomic E-state index is 14.3. The molecule has 1 heterocycles. The van der Waals surface area contributed by atoms with E-state index >= 15 is 0 Å². The third kappa shape index (κ3) is 2.43. The number of nitrogens with zero attached hydrogens (tertiary/aromatic N) is 2. The molecule has 0 atom stereocenters. The maximum absolute atomic E-state index is 14.3. The summed E-state index contributed by atoms with van der Waals surface area (Å²) < 4.78 is 29.8. The molecular formula is C14H7BrCl2F2N2. The molecule has 3 rings (SSSR count). The summed E-state index contributed by atoms with van der Waals surface area (Å²) in [6, 6.07) is 7.40. The molecule has 0 radical (unpaired) electrons. The number of aromatic nitrogens is 2. The summed E-state index contributed by atoms with van der Waals surface area (Å²) in [5.74, 6) is -0.606. The number of alkyl halides is 1. The molecule has 2 nitrogen and oxygen atoms in total. The van der Waals surface area contributed by atoms with E-state index in [1.807, 2.05) is 0 Å². The van der Waals surface area contributed by atoms with Crippen molar-refractivity contribution in [2.24, 2.45) is 0 Å². The number of imidazole rings is 1. The van der Waals surface area contributed by atoms with Gasteiger partial charge in [-0.15, -0.1) is 11.6 Å². The molecule has 0 N–H and O–H groups in total. The lowest BCUT2D eigenvalue weighted by Gasteiger charge is -2.10. The van der Waals surface area contributed by atoms with Crippen molar-refractivity contribution in [2.45, 2.75) is 5.88 Å². The summed E-state index contributed by atoms with van der Waals surface area (Å²) in [6.07, 6.45) is 0. The second-order valence-electron chi connectivity index (χ2n) is 4.33. The predicted octanol–water partition coefficient (Wildman–Crippen LogP) is 5.46. The summed E-state index contributed by atoms with van der Waals surface area (Å²) in [6.45, 7) is 0. The highest BCUT2D eigenvalue weighted by Crippen LogP contribution is 2.30. The number of rotatable bonds is 2. The zero-order chi connectivity index (χ0) is 15.1. The molecule has 3 aromatic rings. The van der Waals surface area contributed by atoms with Gasteiger partial charge in [-0.05, 0) is 34.1 Å². The van der Waals surface area contributed by atoms with Crippen LogP contribution < -0.4 is 0 Å². The van der Waals surface area contributed by atoms with E-state index in [9.17, 15) is 8.78 Å². The van der Waals surface area contributed by atoms with Crippen LogP contribution in [-0.2, 0) is 5.88 Å². The van der Waals surface area contributed by atoms with Crippen molar-refractivity contribution in [1.82, 2.24) is 9.55 Å². The van der Waals surface area contributed by atoms with E-state index in [-0.39, 0.29) is 21.1 Å². The van der Waals surface area contributed by atoms with Crippen molar-refractivity contribution in [3.05, 3.63) is 57.3 Å². The van der Waals surface area contributed by atoms with Crippen LogP contribution in [0, 0.1) is 11.6 Å². The second-order valence-corrected chi connectivity index (χ2v) is 5.85. The van der Waals surface area contributed by atoms with Gasteiger partial charge in [0.25, 0.3) is 0 Å². The van der Waals surface area contributed by atoms with E-state index in [2.05, 4.69) is 20.9 Å². The van der Waals surface area contributed by atoms with Crippen LogP contribution in [-0.4, -0.2) is 9.55 Å². The zero-order valence-electron chi connectivity index (χ0n) is 10.4. The molecule has 0 aliphatic carbocycles. The third-order valence-electron chi connectivity index (χ3n) is 3.06. The third-order valence-corrected chi connectivity index (χ3v) is 4.20. The normalized spacial score (nSPS) is 11.3. The summed E-state index contributed by atoms with van der Waals surface area (Å²) in [4.78, 5) is 4.30. The number of hydrogen-bond donors (Lipinski definition) is 0. The highest BCUT2D eigenvalue weighted by atomic mass is 79.9. The summed E-state index contributed by atoms with van der Waals surface area (Å²) in [5, 5.41) is -0.0209. The molecular weight excluding hydrogens is 385 g/mol. The van der Waals surface area contributed by atoms with E-state index in [1.165, 1.54) is 22.8 Å². The van der Waals surface area contributed by atoms with Crippen LogP contribution >= 0.6 is 39.1 Å². The van der Waals surface area contributed by atoms with Crippen LogP contribution in [0.5, 0.6) is 0 Å². The van der Waals surface area contributed by atoms with Gasteiger partial charge in [-0.2, -0.15) is 0 Å². The zero-order valence-corrected chi connectivity index (χ0v) is 13.5. The Hall–Kier alpha value is -1.17. The first-order chi connectivity index (χ1) is 10.0. The van der Waals surface area contributed by atoms with Crippen molar-refractivity contribution in [2.75, 3.05) is 0 Å². The van der Waals surface area contributed by atoms with Gasteiger partial charge in [0.2, 0.25) is 0 Å². The molecule has 0 saturated carbocycles. The topological polar surface area (TPSA) is 17.8 Å².